The zero-order valence-corrected chi connectivity index (χ0v) is 15.1. The van der Waals surface area contributed by atoms with Crippen molar-refractivity contribution in [3.05, 3.63) is 59.2 Å². The number of carbonyl (C=O) groups excluding carboxylic acids is 1. The van der Waals surface area contributed by atoms with Crippen LogP contribution in [0.3, 0.4) is 0 Å². The Labute approximate surface area is 147 Å². The number of hydrogen-bond donors (Lipinski definition) is 0. The molecule has 0 N–H and O–H groups in total. The van der Waals surface area contributed by atoms with Crippen molar-refractivity contribution >= 4 is 11.7 Å². The van der Waals surface area contributed by atoms with Gasteiger partial charge in [0.2, 0.25) is 5.82 Å². The zero-order valence-electron chi connectivity index (χ0n) is 15.1. The standard InChI is InChI=1S/C19H23N5O/c1-5-14(3)23(12-16-9-7-6-8-10-16)18(25)17-21-19-20-13(2)11-15(4)24(19)22-17/h6-11,14H,5,12H2,1-4H3. The van der Waals surface area contributed by atoms with Crippen molar-refractivity contribution < 1.29 is 4.79 Å². The van der Waals surface area contributed by atoms with Gasteiger partial charge in [-0.2, -0.15) is 4.98 Å². The van der Waals surface area contributed by atoms with Gasteiger partial charge in [-0.05, 0) is 38.8 Å². The molecule has 6 nitrogen and oxygen atoms in total. The number of rotatable bonds is 5. The number of benzene rings is 1. The molecule has 0 saturated carbocycles. The van der Waals surface area contributed by atoms with Crippen LogP contribution in [0.2, 0.25) is 0 Å². The monoisotopic (exact) mass is 337 g/mol. The van der Waals surface area contributed by atoms with Crippen molar-refractivity contribution in [2.45, 2.75) is 46.7 Å². The zero-order chi connectivity index (χ0) is 18.0. The minimum atomic E-state index is -0.166. The summed E-state index contributed by atoms with van der Waals surface area (Å²) in [5.74, 6) is 0.489. The number of aryl methyl sites for hydroxylation is 2. The Morgan fingerprint density at radius 3 is 2.60 bits per heavy atom. The largest absolute Gasteiger partial charge is 0.329 e. The highest BCUT2D eigenvalue weighted by Crippen LogP contribution is 2.15. The number of fused-ring (bicyclic) bond motifs is 1. The van der Waals surface area contributed by atoms with Crippen molar-refractivity contribution in [1.29, 1.82) is 0 Å². The molecule has 0 saturated heterocycles. The van der Waals surface area contributed by atoms with Gasteiger partial charge < -0.3 is 4.90 Å². The highest BCUT2D eigenvalue weighted by atomic mass is 16.2. The Hall–Kier alpha value is -2.76. The van der Waals surface area contributed by atoms with E-state index in [2.05, 4.69) is 22.0 Å². The molecule has 1 unspecified atom stereocenters. The third kappa shape index (κ3) is 3.52. The van der Waals surface area contributed by atoms with E-state index in [1.165, 1.54) is 0 Å². The Morgan fingerprint density at radius 2 is 1.92 bits per heavy atom. The van der Waals surface area contributed by atoms with Crippen molar-refractivity contribution in [2.75, 3.05) is 0 Å². The summed E-state index contributed by atoms with van der Waals surface area (Å²) < 4.78 is 1.62. The molecule has 2 aromatic heterocycles. The number of carbonyl (C=O) groups is 1. The molecule has 2 heterocycles. The molecule has 0 aliphatic heterocycles. The molecule has 1 aromatic carbocycles. The van der Waals surface area contributed by atoms with Crippen LogP contribution in [-0.2, 0) is 6.54 Å². The minimum Gasteiger partial charge on any atom is -0.329 e. The Balaban J connectivity index is 1.95. The van der Waals surface area contributed by atoms with Gasteiger partial charge in [0.15, 0.2) is 0 Å². The van der Waals surface area contributed by atoms with E-state index in [1.807, 2.05) is 62.1 Å². The molecule has 0 bridgehead atoms. The number of amides is 1. The average molecular weight is 337 g/mol. The maximum absolute atomic E-state index is 13.1. The second-order valence-corrected chi connectivity index (χ2v) is 6.36. The molecule has 3 aromatic rings. The molecular formula is C19H23N5O. The number of aromatic nitrogens is 4. The summed E-state index contributed by atoms with van der Waals surface area (Å²) in [6.45, 7) is 8.49. The molecule has 3 rings (SSSR count). The SMILES string of the molecule is CCC(C)N(Cc1ccccc1)C(=O)c1nc2nc(C)cc(C)n2n1. The fourth-order valence-electron chi connectivity index (χ4n) is 2.81. The number of hydrogen-bond acceptors (Lipinski definition) is 4. The van der Waals surface area contributed by atoms with Crippen molar-refractivity contribution in [3.8, 4) is 0 Å². The molecule has 130 valence electrons. The van der Waals surface area contributed by atoms with E-state index in [-0.39, 0.29) is 17.8 Å². The highest BCUT2D eigenvalue weighted by molar-refractivity contribution is 5.91. The van der Waals surface area contributed by atoms with Gasteiger partial charge in [-0.1, -0.05) is 37.3 Å². The summed E-state index contributed by atoms with van der Waals surface area (Å²) in [5, 5.41) is 4.38. The van der Waals surface area contributed by atoms with Crippen LogP contribution in [0.4, 0.5) is 0 Å². The van der Waals surface area contributed by atoms with E-state index in [0.717, 1.165) is 23.4 Å². The molecule has 0 aliphatic rings. The maximum Gasteiger partial charge on any atom is 0.294 e. The lowest BCUT2D eigenvalue weighted by atomic mass is 10.1. The van der Waals surface area contributed by atoms with Crippen LogP contribution in [0.25, 0.3) is 5.78 Å². The van der Waals surface area contributed by atoms with Crippen molar-refractivity contribution in [2.24, 2.45) is 0 Å². The maximum atomic E-state index is 13.1. The average Bonchev–Trinajstić information content (AvgIpc) is 3.03. The molecule has 0 fully saturated rings. The van der Waals surface area contributed by atoms with Gasteiger partial charge in [-0.15, -0.1) is 5.10 Å². The van der Waals surface area contributed by atoms with E-state index in [0.29, 0.717) is 12.3 Å². The van der Waals surface area contributed by atoms with Crippen LogP contribution in [0.15, 0.2) is 36.4 Å². The first kappa shape index (κ1) is 17.1. The predicted molar refractivity (Wildman–Crippen MR) is 96.3 cm³/mol. The summed E-state index contributed by atoms with van der Waals surface area (Å²) in [4.78, 5) is 23.6. The summed E-state index contributed by atoms with van der Waals surface area (Å²) in [6, 6.07) is 12.0. The molecule has 0 spiro atoms. The molecule has 1 amide bonds. The van der Waals surface area contributed by atoms with Gasteiger partial charge in [0.25, 0.3) is 11.7 Å². The first-order valence-electron chi connectivity index (χ1n) is 8.55. The second-order valence-electron chi connectivity index (χ2n) is 6.36. The van der Waals surface area contributed by atoms with Crippen molar-refractivity contribution in [1.82, 2.24) is 24.5 Å². The lowest BCUT2D eigenvalue weighted by Gasteiger charge is -2.27. The third-order valence-corrected chi connectivity index (χ3v) is 4.39. The van der Waals surface area contributed by atoms with E-state index in [9.17, 15) is 4.79 Å². The summed E-state index contributed by atoms with van der Waals surface area (Å²) in [6.07, 6.45) is 0.863. The number of nitrogens with zero attached hydrogens (tertiary/aromatic N) is 5. The van der Waals surface area contributed by atoms with Gasteiger partial charge in [0.1, 0.15) is 0 Å². The summed E-state index contributed by atoms with van der Waals surface area (Å²) in [5.41, 5.74) is 2.86. The normalized spacial score (nSPS) is 12.3. The summed E-state index contributed by atoms with van der Waals surface area (Å²) >= 11 is 0. The first-order chi connectivity index (χ1) is 12.0. The molecule has 0 radical (unpaired) electrons. The highest BCUT2D eigenvalue weighted by Gasteiger charge is 2.25. The molecule has 1 atom stereocenters. The topological polar surface area (TPSA) is 63.4 Å². The molecular weight excluding hydrogens is 314 g/mol. The third-order valence-electron chi connectivity index (χ3n) is 4.39. The van der Waals surface area contributed by atoms with Gasteiger partial charge in [-0.3, -0.25) is 4.79 Å². The lowest BCUT2D eigenvalue weighted by Crippen LogP contribution is -2.38. The fourth-order valence-corrected chi connectivity index (χ4v) is 2.81. The quantitative estimate of drug-likeness (QED) is 0.717. The van der Waals surface area contributed by atoms with Crippen LogP contribution in [0.1, 0.15) is 47.8 Å². The van der Waals surface area contributed by atoms with Crippen LogP contribution >= 0.6 is 0 Å². The lowest BCUT2D eigenvalue weighted by molar-refractivity contribution is 0.0659. The Morgan fingerprint density at radius 1 is 1.20 bits per heavy atom. The second kappa shape index (κ2) is 7.01. The van der Waals surface area contributed by atoms with E-state index < -0.39 is 0 Å². The van der Waals surface area contributed by atoms with Gasteiger partial charge in [0, 0.05) is 24.0 Å². The van der Waals surface area contributed by atoms with E-state index in [1.54, 1.807) is 4.52 Å². The first-order valence-corrected chi connectivity index (χ1v) is 8.55. The van der Waals surface area contributed by atoms with Gasteiger partial charge in [0.05, 0.1) is 0 Å². The van der Waals surface area contributed by atoms with Gasteiger partial charge >= 0.3 is 0 Å². The molecule has 25 heavy (non-hydrogen) atoms. The molecule has 0 aliphatic carbocycles. The Kier molecular flexibility index (Phi) is 4.79. The predicted octanol–water partition coefficient (Wildman–Crippen LogP) is 3.18. The van der Waals surface area contributed by atoms with E-state index in [4.69, 9.17) is 0 Å². The Bertz CT molecular complexity index is 887. The fraction of sp³-hybridized carbons (Fsp3) is 0.368. The van der Waals surface area contributed by atoms with Crippen LogP contribution in [0, 0.1) is 13.8 Å². The van der Waals surface area contributed by atoms with Gasteiger partial charge in [-0.25, -0.2) is 9.50 Å². The molecule has 6 heteroatoms. The smallest absolute Gasteiger partial charge is 0.294 e. The van der Waals surface area contributed by atoms with Crippen LogP contribution < -0.4 is 0 Å². The van der Waals surface area contributed by atoms with Crippen LogP contribution in [-0.4, -0.2) is 36.4 Å². The summed E-state index contributed by atoms with van der Waals surface area (Å²) in [7, 11) is 0. The van der Waals surface area contributed by atoms with E-state index >= 15 is 0 Å². The minimum absolute atomic E-state index is 0.0927. The van der Waals surface area contributed by atoms with Crippen LogP contribution in [0.5, 0.6) is 0 Å². The van der Waals surface area contributed by atoms with Crippen molar-refractivity contribution in [3.63, 3.8) is 0 Å².